The monoisotopic (exact) mass is 427 g/mol. The fraction of sp³-hybridized carbons (Fsp3) is 0.391. The number of para-hydroxylation sites is 1. The number of thiazole rings is 1. The van der Waals surface area contributed by atoms with Crippen molar-refractivity contribution in [2.45, 2.75) is 31.1 Å². The third-order valence-electron chi connectivity index (χ3n) is 4.68. The molecule has 2 aromatic carbocycles. The zero-order chi connectivity index (χ0) is 20.6. The van der Waals surface area contributed by atoms with Crippen LogP contribution in [0, 0.1) is 6.92 Å². The van der Waals surface area contributed by atoms with Crippen molar-refractivity contribution in [1.82, 2.24) is 9.88 Å². The van der Waals surface area contributed by atoms with Crippen LogP contribution in [0.4, 0.5) is 5.13 Å². The number of aromatic nitrogens is 1. The number of benzene rings is 2. The minimum atomic E-state index is 0.175. The zero-order valence-corrected chi connectivity index (χ0v) is 19.1. The van der Waals surface area contributed by atoms with Gasteiger partial charge in [-0.2, -0.15) is 0 Å². The molecule has 3 rings (SSSR count). The highest BCUT2D eigenvalue weighted by molar-refractivity contribution is 7.99. The molecule has 0 spiro atoms. The zero-order valence-electron chi connectivity index (χ0n) is 17.4. The van der Waals surface area contributed by atoms with Crippen LogP contribution in [0.3, 0.4) is 0 Å². The van der Waals surface area contributed by atoms with Crippen LogP contribution in [0.15, 0.2) is 53.4 Å². The molecule has 0 aliphatic carbocycles. The average molecular weight is 428 g/mol. The van der Waals surface area contributed by atoms with Gasteiger partial charge in [0.25, 0.3) is 0 Å². The Hall–Kier alpha value is -1.89. The van der Waals surface area contributed by atoms with Crippen LogP contribution in [-0.4, -0.2) is 48.7 Å². The van der Waals surface area contributed by atoms with Crippen LogP contribution in [0.25, 0.3) is 10.2 Å². The summed E-state index contributed by atoms with van der Waals surface area (Å²) in [7, 11) is 4.13. The van der Waals surface area contributed by atoms with Gasteiger partial charge in [-0.05, 0) is 69.9 Å². The molecule has 0 fully saturated rings. The summed E-state index contributed by atoms with van der Waals surface area (Å²) >= 11 is 3.43. The van der Waals surface area contributed by atoms with Gasteiger partial charge in [0.1, 0.15) is 0 Å². The highest BCUT2D eigenvalue weighted by Crippen LogP contribution is 2.31. The van der Waals surface area contributed by atoms with Gasteiger partial charge in [0.2, 0.25) is 5.91 Å². The lowest BCUT2D eigenvalue weighted by atomic mass is 10.2. The number of nitrogens with zero attached hydrogens (tertiary/aromatic N) is 3. The molecule has 0 atom stereocenters. The summed E-state index contributed by atoms with van der Waals surface area (Å²) in [5, 5.41) is 0.828. The Labute approximate surface area is 181 Å². The predicted octanol–water partition coefficient (Wildman–Crippen LogP) is 5.46. The maximum atomic E-state index is 13.1. The first kappa shape index (κ1) is 21.8. The Kier molecular flexibility index (Phi) is 8.09. The highest BCUT2D eigenvalue weighted by Gasteiger charge is 2.19. The second kappa shape index (κ2) is 10.8. The summed E-state index contributed by atoms with van der Waals surface area (Å²) < 4.78 is 1.14. The molecular weight excluding hydrogens is 398 g/mol. The van der Waals surface area contributed by atoms with Gasteiger partial charge in [-0.25, -0.2) is 4.98 Å². The van der Waals surface area contributed by atoms with Crippen molar-refractivity contribution < 1.29 is 4.79 Å². The van der Waals surface area contributed by atoms with E-state index in [2.05, 4.69) is 68.4 Å². The van der Waals surface area contributed by atoms with E-state index in [9.17, 15) is 4.79 Å². The predicted molar refractivity (Wildman–Crippen MR) is 126 cm³/mol. The fourth-order valence-corrected chi connectivity index (χ4v) is 5.09. The van der Waals surface area contributed by atoms with E-state index < -0.39 is 0 Å². The molecule has 4 nitrogen and oxygen atoms in total. The van der Waals surface area contributed by atoms with Gasteiger partial charge in [-0.1, -0.05) is 41.7 Å². The van der Waals surface area contributed by atoms with Gasteiger partial charge in [0, 0.05) is 17.9 Å². The van der Waals surface area contributed by atoms with E-state index in [0.717, 1.165) is 46.1 Å². The van der Waals surface area contributed by atoms with E-state index in [-0.39, 0.29) is 5.91 Å². The van der Waals surface area contributed by atoms with E-state index in [4.69, 9.17) is 4.98 Å². The van der Waals surface area contributed by atoms with Crippen molar-refractivity contribution in [2.75, 3.05) is 37.8 Å². The molecule has 1 aromatic heterocycles. The largest absolute Gasteiger partial charge is 0.309 e. The number of carbonyl (C=O) groups excluding carboxylic acids is 1. The molecule has 3 aromatic rings. The summed E-state index contributed by atoms with van der Waals surface area (Å²) in [6, 6.07) is 16.6. The lowest BCUT2D eigenvalue weighted by molar-refractivity contribution is -0.118. The van der Waals surface area contributed by atoms with Gasteiger partial charge >= 0.3 is 0 Å². The standard InChI is InChI=1S/C23H29N3OS2/c1-18-10-7-13-20-22(18)24-23(29-20)26(16-9-15-25(2)3)21(27)14-8-17-28-19-11-5-4-6-12-19/h4-7,10-13H,8-9,14-17H2,1-3H3. The van der Waals surface area contributed by atoms with Crippen molar-refractivity contribution in [1.29, 1.82) is 0 Å². The average Bonchev–Trinajstić information content (AvgIpc) is 3.14. The lowest BCUT2D eigenvalue weighted by Gasteiger charge is -2.21. The molecule has 0 aliphatic rings. The Bertz CT molecular complexity index is 924. The van der Waals surface area contributed by atoms with Crippen LogP contribution in [0.5, 0.6) is 0 Å². The van der Waals surface area contributed by atoms with Crippen LogP contribution >= 0.6 is 23.1 Å². The maximum Gasteiger partial charge on any atom is 0.228 e. The number of amides is 1. The molecule has 0 saturated heterocycles. The molecule has 0 bridgehead atoms. The smallest absolute Gasteiger partial charge is 0.228 e. The molecule has 1 amide bonds. The fourth-order valence-electron chi connectivity index (χ4n) is 3.13. The summed E-state index contributed by atoms with van der Waals surface area (Å²) in [5.41, 5.74) is 2.17. The maximum absolute atomic E-state index is 13.1. The van der Waals surface area contributed by atoms with Crippen molar-refractivity contribution in [3.8, 4) is 0 Å². The summed E-state index contributed by atoms with van der Waals surface area (Å²) in [5.74, 6) is 1.12. The molecule has 0 unspecified atom stereocenters. The van der Waals surface area contributed by atoms with E-state index in [0.29, 0.717) is 13.0 Å². The van der Waals surface area contributed by atoms with Crippen molar-refractivity contribution in [3.05, 3.63) is 54.1 Å². The third kappa shape index (κ3) is 6.29. The van der Waals surface area contributed by atoms with E-state index in [1.54, 1.807) is 11.3 Å². The molecule has 29 heavy (non-hydrogen) atoms. The Balaban J connectivity index is 1.65. The van der Waals surface area contributed by atoms with Gasteiger partial charge in [0.05, 0.1) is 10.2 Å². The molecule has 154 valence electrons. The Morgan fingerprint density at radius 1 is 1.03 bits per heavy atom. The molecule has 1 heterocycles. The topological polar surface area (TPSA) is 36.4 Å². The number of fused-ring (bicyclic) bond motifs is 1. The van der Waals surface area contributed by atoms with Gasteiger partial charge in [-0.3, -0.25) is 9.69 Å². The lowest BCUT2D eigenvalue weighted by Crippen LogP contribution is -2.33. The van der Waals surface area contributed by atoms with Crippen molar-refractivity contribution in [3.63, 3.8) is 0 Å². The quantitative estimate of drug-likeness (QED) is 0.318. The van der Waals surface area contributed by atoms with Crippen LogP contribution < -0.4 is 4.90 Å². The number of carbonyl (C=O) groups is 1. The molecular formula is C23H29N3OS2. The molecule has 0 aliphatic heterocycles. The number of rotatable bonds is 10. The molecule has 0 saturated carbocycles. The first-order chi connectivity index (χ1) is 14.0. The van der Waals surface area contributed by atoms with Crippen LogP contribution in [0.1, 0.15) is 24.8 Å². The van der Waals surface area contributed by atoms with Crippen LogP contribution in [0.2, 0.25) is 0 Å². The first-order valence-electron chi connectivity index (χ1n) is 10.0. The Morgan fingerprint density at radius 2 is 1.83 bits per heavy atom. The molecule has 0 N–H and O–H groups in total. The van der Waals surface area contributed by atoms with Crippen LogP contribution in [-0.2, 0) is 4.79 Å². The second-order valence-corrected chi connectivity index (χ2v) is 9.56. The number of anilines is 1. The normalized spacial score (nSPS) is 11.3. The van der Waals surface area contributed by atoms with Crippen molar-refractivity contribution in [2.24, 2.45) is 0 Å². The molecule has 0 radical (unpaired) electrons. The van der Waals surface area contributed by atoms with Gasteiger partial charge < -0.3 is 4.90 Å². The minimum Gasteiger partial charge on any atom is -0.309 e. The Morgan fingerprint density at radius 3 is 2.55 bits per heavy atom. The van der Waals surface area contributed by atoms with E-state index in [1.165, 1.54) is 4.90 Å². The summed E-state index contributed by atoms with van der Waals surface area (Å²) in [6.45, 7) is 3.74. The first-order valence-corrected chi connectivity index (χ1v) is 11.8. The van der Waals surface area contributed by atoms with Gasteiger partial charge in [0.15, 0.2) is 5.13 Å². The highest BCUT2D eigenvalue weighted by atomic mass is 32.2. The van der Waals surface area contributed by atoms with E-state index >= 15 is 0 Å². The third-order valence-corrected chi connectivity index (χ3v) is 6.82. The number of hydrogen-bond acceptors (Lipinski definition) is 5. The number of thioether (sulfide) groups is 1. The van der Waals surface area contributed by atoms with E-state index in [1.807, 2.05) is 22.7 Å². The van der Waals surface area contributed by atoms with Gasteiger partial charge in [-0.15, -0.1) is 11.8 Å². The number of aryl methyl sites for hydroxylation is 1. The molecule has 6 heteroatoms. The second-order valence-electron chi connectivity index (χ2n) is 7.39. The van der Waals surface area contributed by atoms with Crippen molar-refractivity contribution >= 4 is 44.4 Å². The number of hydrogen-bond donors (Lipinski definition) is 0. The SMILES string of the molecule is Cc1cccc2sc(N(CCCN(C)C)C(=O)CCCSc3ccccc3)nc12. The summed E-state index contributed by atoms with van der Waals surface area (Å²) in [6.07, 6.45) is 2.36. The summed E-state index contributed by atoms with van der Waals surface area (Å²) in [4.78, 5) is 23.2. The minimum absolute atomic E-state index is 0.175.